The zero-order chi connectivity index (χ0) is 22.0. The first-order valence-corrected chi connectivity index (χ1v) is 11.9. The number of hydrogen-bond acceptors (Lipinski definition) is 3. The summed E-state index contributed by atoms with van der Waals surface area (Å²) in [6, 6.07) is 0. The van der Waals surface area contributed by atoms with Crippen LogP contribution in [0.15, 0.2) is 23.7 Å². The Hall–Kier alpha value is -2.11. The van der Waals surface area contributed by atoms with Gasteiger partial charge in [0.2, 0.25) is 5.91 Å². The highest BCUT2D eigenvalue weighted by molar-refractivity contribution is 5.97. The van der Waals surface area contributed by atoms with Gasteiger partial charge in [-0.1, -0.05) is 20.3 Å². The molecule has 168 valence electrons. The van der Waals surface area contributed by atoms with Crippen LogP contribution in [0.25, 0.3) is 0 Å². The van der Waals surface area contributed by atoms with E-state index in [9.17, 15) is 14.7 Å². The van der Waals surface area contributed by atoms with E-state index in [2.05, 4.69) is 23.8 Å². The van der Waals surface area contributed by atoms with Gasteiger partial charge in [-0.3, -0.25) is 9.59 Å². The summed E-state index contributed by atoms with van der Waals surface area (Å²) in [6.07, 6.45) is 11.0. The minimum atomic E-state index is -0.622. The van der Waals surface area contributed by atoms with E-state index in [1.807, 2.05) is 18.0 Å². The Balaban J connectivity index is 1.42. The minimum absolute atomic E-state index is 0.00792. The fourth-order valence-electron chi connectivity index (χ4n) is 8.20. The number of aliphatic carboxylic acids is 1. The molecule has 1 amide bonds. The fourth-order valence-corrected chi connectivity index (χ4v) is 8.20. The molecule has 0 unspecified atom stereocenters. The molecule has 2 saturated carbocycles. The van der Waals surface area contributed by atoms with E-state index >= 15 is 0 Å². The van der Waals surface area contributed by atoms with E-state index in [4.69, 9.17) is 0 Å². The summed E-state index contributed by atoms with van der Waals surface area (Å²) >= 11 is 0. The molecule has 5 rings (SSSR count). The number of carboxylic acids is 1. The topological polar surface area (TPSA) is 86.3 Å². The van der Waals surface area contributed by atoms with E-state index in [0.29, 0.717) is 12.5 Å². The molecule has 2 heterocycles. The van der Waals surface area contributed by atoms with Crippen LogP contribution < -0.4 is 0 Å². The number of fused-ring (bicyclic) bond motifs is 4. The van der Waals surface area contributed by atoms with Gasteiger partial charge in [0, 0.05) is 37.0 Å². The van der Waals surface area contributed by atoms with Gasteiger partial charge in [-0.2, -0.15) is 0 Å². The maximum atomic E-state index is 13.2. The van der Waals surface area contributed by atoms with E-state index in [0.717, 1.165) is 69.2 Å². The average Bonchev–Trinajstić information content (AvgIpc) is 3.34. The Morgan fingerprint density at radius 3 is 2.74 bits per heavy atom. The van der Waals surface area contributed by atoms with Gasteiger partial charge < -0.3 is 15.0 Å². The molecule has 6 heteroatoms. The Labute approximate surface area is 184 Å². The molecule has 2 N–H and O–H groups in total. The first kappa shape index (κ1) is 20.8. The van der Waals surface area contributed by atoms with E-state index in [1.165, 1.54) is 5.57 Å². The zero-order valence-electron chi connectivity index (χ0n) is 19.0. The molecule has 6 nitrogen and oxygen atoms in total. The third-order valence-electron chi connectivity index (χ3n) is 9.82. The van der Waals surface area contributed by atoms with Gasteiger partial charge in [-0.05, 0) is 73.7 Å². The van der Waals surface area contributed by atoms with Crippen LogP contribution in [0.5, 0.6) is 0 Å². The molecule has 0 bridgehead atoms. The molecule has 1 aromatic heterocycles. The van der Waals surface area contributed by atoms with Crippen LogP contribution in [0.2, 0.25) is 0 Å². The van der Waals surface area contributed by atoms with Gasteiger partial charge in [0.25, 0.3) is 0 Å². The number of aromatic nitrogens is 2. The van der Waals surface area contributed by atoms with E-state index in [1.54, 1.807) is 6.33 Å². The number of nitrogens with one attached hydrogen (secondary N) is 1. The Kier molecular flexibility index (Phi) is 4.65. The molecule has 1 aliphatic heterocycles. The second-order valence-corrected chi connectivity index (χ2v) is 11.2. The van der Waals surface area contributed by atoms with Crippen LogP contribution in [0.4, 0.5) is 0 Å². The van der Waals surface area contributed by atoms with Gasteiger partial charge in [-0.25, -0.2) is 4.98 Å². The van der Waals surface area contributed by atoms with Gasteiger partial charge in [0.1, 0.15) is 0 Å². The van der Waals surface area contributed by atoms with Crippen LogP contribution in [-0.2, 0) is 16.0 Å². The lowest BCUT2D eigenvalue weighted by molar-refractivity contribution is -0.175. The lowest BCUT2D eigenvalue weighted by Gasteiger charge is -2.63. The van der Waals surface area contributed by atoms with Crippen molar-refractivity contribution in [2.75, 3.05) is 13.1 Å². The second-order valence-electron chi connectivity index (χ2n) is 11.2. The van der Waals surface area contributed by atoms with Crippen LogP contribution in [-0.4, -0.2) is 44.9 Å². The molecular weight excluding hydrogens is 390 g/mol. The Morgan fingerprint density at radius 1 is 1.23 bits per heavy atom. The quantitative estimate of drug-likeness (QED) is 0.757. The molecule has 3 aliphatic carbocycles. The molecule has 4 aliphatic rings. The van der Waals surface area contributed by atoms with Gasteiger partial charge in [-0.15, -0.1) is 0 Å². The maximum absolute atomic E-state index is 13.2. The Bertz CT molecular complexity index is 938. The highest BCUT2D eigenvalue weighted by Gasteiger charge is 2.63. The number of carbonyl (C=O) groups is 2. The van der Waals surface area contributed by atoms with Gasteiger partial charge in [0.15, 0.2) is 0 Å². The summed E-state index contributed by atoms with van der Waals surface area (Å²) in [5.41, 5.74) is 2.90. The van der Waals surface area contributed by atoms with Gasteiger partial charge in [0.05, 0.1) is 11.7 Å². The molecule has 5 atom stereocenters. The van der Waals surface area contributed by atoms with Gasteiger partial charge >= 0.3 is 5.97 Å². The van der Waals surface area contributed by atoms with Crippen molar-refractivity contribution in [3.8, 4) is 0 Å². The normalized spacial score (nSPS) is 39.8. The van der Waals surface area contributed by atoms with Crippen molar-refractivity contribution in [2.24, 2.45) is 28.1 Å². The molecule has 31 heavy (non-hydrogen) atoms. The smallest absolute Gasteiger partial charge is 0.309 e. The minimum Gasteiger partial charge on any atom is -0.481 e. The van der Waals surface area contributed by atoms with Crippen LogP contribution in [0.3, 0.4) is 0 Å². The summed E-state index contributed by atoms with van der Waals surface area (Å²) in [5, 5.41) is 10.1. The van der Waals surface area contributed by atoms with Crippen molar-refractivity contribution in [2.45, 2.75) is 72.1 Å². The van der Waals surface area contributed by atoms with E-state index < -0.39 is 11.4 Å². The zero-order valence-corrected chi connectivity index (χ0v) is 19.0. The van der Waals surface area contributed by atoms with E-state index in [-0.39, 0.29) is 22.7 Å². The summed E-state index contributed by atoms with van der Waals surface area (Å²) in [6.45, 7) is 8.20. The highest BCUT2D eigenvalue weighted by atomic mass is 16.4. The average molecular weight is 426 g/mol. The summed E-state index contributed by atoms with van der Waals surface area (Å²) < 4.78 is 0. The number of H-pyrrole nitrogens is 1. The highest BCUT2D eigenvalue weighted by Crippen LogP contribution is 2.68. The van der Waals surface area contributed by atoms with Crippen LogP contribution >= 0.6 is 0 Å². The number of rotatable bonds is 4. The summed E-state index contributed by atoms with van der Waals surface area (Å²) in [7, 11) is 0. The molecule has 0 aromatic carbocycles. The standard InChI is InChI=1S/C25H35N3O3/c1-23-11-7-20-24(2,9-4-10-25(20,3)22(30)31)19(23)6-5-17-18(23)14-28(21(17)29)12-8-16-13-26-15-27-16/h13,15,19-20H,4-12,14H2,1-3H3,(H,26,27)(H,30,31)/t19-,20+,23-,24+,25-/m0/s1. The third kappa shape index (κ3) is 2.86. The van der Waals surface area contributed by atoms with Crippen molar-refractivity contribution in [3.05, 3.63) is 29.4 Å². The van der Waals surface area contributed by atoms with Crippen molar-refractivity contribution in [3.63, 3.8) is 0 Å². The lowest BCUT2D eigenvalue weighted by Crippen LogP contribution is -2.58. The molecule has 0 saturated heterocycles. The number of carboxylic acid groups (broad SMARTS) is 1. The third-order valence-corrected chi connectivity index (χ3v) is 9.82. The number of amides is 1. The SMILES string of the molecule is C[C@]12CCC[C@](C)(C(=O)O)[C@@H]1CC[C@@]1(C)C3=C(CC[C@H]21)C(=O)N(CCc1cnc[nH]1)C3. The lowest BCUT2D eigenvalue weighted by atomic mass is 9.40. The number of carbonyl (C=O) groups excluding carboxylic acids is 1. The predicted molar refractivity (Wildman–Crippen MR) is 117 cm³/mol. The summed E-state index contributed by atoms with van der Waals surface area (Å²) in [5.74, 6) is 0.279. The first-order chi connectivity index (χ1) is 14.7. The van der Waals surface area contributed by atoms with Crippen molar-refractivity contribution < 1.29 is 14.7 Å². The number of aromatic amines is 1. The fraction of sp³-hybridized carbons (Fsp3) is 0.720. The first-order valence-electron chi connectivity index (χ1n) is 11.9. The number of hydrogen-bond donors (Lipinski definition) is 2. The molecule has 1 aromatic rings. The summed E-state index contributed by atoms with van der Waals surface area (Å²) in [4.78, 5) is 34.8. The molecule has 0 spiro atoms. The van der Waals surface area contributed by atoms with Crippen molar-refractivity contribution in [1.82, 2.24) is 14.9 Å². The molecule has 2 fully saturated rings. The maximum Gasteiger partial charge on any atom is 0.309 e. The Morgan fingerprint density at radius 2 is 2.03 bits per heavy atom. The number of nitrogens with zero attached hydrogens (tertiary/aromatic N) is 2. The largest absolute Gasteiger partial charge is 0.481 e. The monoisotopic (exact) mass is 425 g/mol. The predicted octanol–water partition coefficient (Wildman–Crippen LogP) is 4.20. The van der Waals surface area contributed by atoms with Crippen molar-refractivity contribution in [1.29, 1.82) is 0 Å². The molecular formula is C25H35N3O3. The van der Waals surface area contributed by atoms with Crippen LogP contribution in [0, 0.1) is 28.1 Å². The second kappa shape index (κ2) is 6.94. The van der Waals surface area contributed by atoms with Crippen LogP contribution in [0.1, 0.15) is 71.4 Å². The van der Waals surface area contributed by atoms with Crippen molar-refractivity contribution >= 4 is 11.9 Å². The number of imidazole rings is 1. The molecule has 0 radical (unpaired) electrons.